The van der Waals surface area contributed by atoms with Crippen LogP contribution >= 0.6 is 0 Å². The van der Waals surface area contributed by atoms with Gasteiger partial charge < -0.3 is 30.3 Å². The maximum atomic E-state index is 12.1. The summed E-state index contributed by atoms with van der Waals surface area (Å²) in [5, 5.41) is 47.5. The van der Waals surface area contributed by atoms with Gasteiger partial charge in [0.2, 0.25) is 6.10 Å². The highest BCUT2D eigenvalue weighted by Gasteiger charge is 2.22. The van der Waals surface area contributed by atoms with Crippen LogP contribution < -0.4 is 0 Å². The van der Waals surface area contributed by atoms with Crippen molar-refractivity contribution in [3.8, 4) is 23.0 Å². The number of phenolic OH excluding ortho intramolecular Hbond substituents is 4. The zero-order valence-corrected chi connectivity index (χ0v) is 12.9. The standard InChI is InChI=1S/C18H16O8/c19-12-4-1-10(7-14(12)21)3-6-17(23)26-16(18(24)25)9-11-2-5-13(20)15(22)8-11/h1-8,16,19-22H,9H2,(H,24,25)/b6-3+/t16-/m1/s1/i1D,2D,4D,5D,7D,8D. The van der Waals surface area contributed by atoms with Gasteiger partial charge in [-0.25, -0.2) is 9.59 Å². The van der Waals surface area contributed by atoms with Crippen molar-refractivity contribution < 1.29 is 48.1 Å². The third kappa shape index (κ3) is 4.91. The molecule has 1 atom stereocenters. The van der Waals surface area contributed by atoms with Crippen molar-refractivity contribution in [2.75, 3.05) is 0 Å². The number of benzene rings is 2. The van der Waals surface area contributed by atoms with E-state index in [1.165, 1.54) is 0 Å². The smallest absolute Gasteiger partial charge is 0.345 e. The molecule has 0 heterocycles. The Labute approximate surface area is 156 Å². The minimum Gasteiger partial charge on any atom is -0.504 e. The van der Waals surface area contributed by atoms with Crippen LogP contribution in [0.4, 0.5) is 0 Å². The molecule has 8 heteroatoms. The zero-order valence-electron chi connectivity index (χ0n) is 18.9. The molecule has 0 aromatic heterocycles. The highest BCUT2D eigenvalue weighted by molar-refractivity contribution is 5.89. The van der Waals surface area contributed by atoms with E-state index in [0.29, 0.717) is 6.08 Å². The van der Waals surface area contributed by atoms with Crippen molar-refractivity contribution in [2.45, 2.75) is 12.5 Å². The van der Waals surface area contributed by atoms with Crippen molar-refractivity contribution in [1.29, 1.82) is 0 Å². The Morgan fingerprint density at radius 3 is 2.27 bits per heavy atom. The van der Waals surface area contributed by atoms with Gasteiger partial charge in [-0.05, 0) is 41.4 Å². The number of aliphatic carboxylic acids is 1. The normalized spacial score (nSPS) is 15.2. The van der Waals surface area contributed by atoms with E-state index in [-0.39, 0.29) is 0 Å². The lowest BCUT2D eigenvalue weighted by Gasteiger charge is -2.13. The molecule has 0 fully saturated rings. The molecule has 0 bridgehead atoms. The molecule has 136 valence electrons. The predicted octanol–water partition coefficient (Wildman–Crippen LogP) is 1.76. The van der Waals surface area contributed by atoms with Crippen molar-refractivity contribution in [3.05, 3.63) is 53.5 Å². The number of ether oxygens (including phenoxy) is 1. The second-order valence-corrected chi connectivity index (χ2v) is 4.84. The predicted molar refractivity (Wildman–Crippen MR) is 89.8 cm³/mol. The minimum atomic E-state index is -1.98. The van der Waals surface area contributed by atoms with Gasteiger partial charge >= 0.3 is 11.9 Å². The van der Waals surface area contributed by atoms with Crippen LogP contribution in [-0.4, -0.2) is 43.6 Å². The van der Waals surface area contributed by atoms with Crippen LogP contribution in [0.2, 0.25) is 0 Å². The lowest BCUT2D eigenvalue weighted by atomic mass is 10.1. The van der Waals surface area contributed by atoms with Crippen LogP contribution in [0, 0.1) is 0 Å². The third-order valence-electron chi connectivity index (χ3n) is 2.93. The molecule has 0 unspecified atom stereocenters. The van der Waals surface area contributed by atoms with Gasteiger partial charge in [-0.1, -0.05) is 12.1 Å². The van der Waals surface area contributed by atoms with E-state index >= 15 is 0 Å². The molecule has 5 N–H and O–H groups in total. The summed E-state index contributed by atoms with van der Waals surface area (Å²) >= 11 is 0. The summed E-state index contributed by atoms with van der Waals surface area (Å²) in [5.74, 6) is -7.05. The first-order valence-electron chi connectivity index (χ1n) is 9.93. The fourth-order valence-electron chi connectivity index (χ4n) is 1.71. The number of aromatic hydroxyl groups is 4. The second kappa shape index (κ2) is 7.93. The summed E-state index contributed by atoms with van der Waals surface area (Å²) in [5.41, 5.74) is -0.906. The lowest BCUT2D eigenvalue weighted by Crippen LogP contribution is -2.28. The molecule has 0 radical (unpaired) electrons. The summed E-state index contributed by atoms with van der Waals surface area (Å²) < 4.78 is 50.6. The summed E-state index contributed by atoms with van der Waals surface area (Å²) in [6, 6.07) is -4.68. The number of rotatable bonds is 6. The van der Waals surface area contributed by atoms with Crippen molar-refractivity contribution in [1.82, 2.24) is 0 Å². The Bertz CT molecular complexity index is 1090. The first kappa shape index (κ1) is 11.8. The van der Waals surface area contributed by atoms with Gasteiger partial charge in [-0.15, -0.1) is 0 Å². The summed E-state index contributed by atoms with van der Waals surface area (Å²) in [6.07, 6.45) is -1.38. The highest BCUT2D eigenvalue weighted by atomic mass is 16.6. The third-order valence-corrected chi connectivity index (χ3v) is 2.93. The van der Waals surface area contributed by atoms with E-state index < -0.39 is 94.8 Å². The molecule has 2 rings (SSSR count). The summed E-state index contributed by atoms with van der Waals surface area (Å²) in [4.78, 5) is 23.5. The average Bonchev–Trinajstić information content (AvgIpc) is 2.75. The van der Waals surface area contributed by atoms with E-state index in [9.17, 15) is 35.1 Å². The molecule has 2 aromatic rings. The Morgan fingerprint density at radius 1 is 1.00 bits per heavy atom. The van der Waals surface area contributed by atoms with E-state index in [4.69, 9.17) is 13.0 Å². The van der Waals surface area contributed by atoms with Gasteiger partial charge in [0.25, 0.3) is 0 Å². The number of hydrogen-bond acceptors (Lipinski definition) is 7. The molecule has 0 saturated carbocycles. The molecule has 0 saturated heterocycles. The lowest BCUT2D eigenvalue weighted by molar-refractivity contribution is -0.160. The Kier molecular flexibility index (Phi) is 3.60. The van der Waals surface area contributed by atoms with Crippen LogP contribution in [0.25, 0.3) is 6.08 Å². The molecule has 2 aromatic carbocycles. The average molecular weight is 366 g/mol. The number of phenols is 4. The molecule has 0 aliphatic carbocycles. The van der Waals surface area contributed by atoms with E-state index in [1.807, 2.05) is 0 Å². The number of carboxylic acid groups (broad SMARTS) is 1. The maximum Gasteiger partial charge on any atom is 0.345 e. The highest BCUT2D eigenvalue weighted by Crippen LogP contribution is 2.26. The molecule has 26 heavy (non-hydrogen) atoms. The largest absolute Gasteiger partial charge is 0.504 e. The number of esters is 1. The minimum absolute atomic E-state index is 0.432. The Balaban J connectivity index is 2.32. The monoisotopic (exact) mass is 366 g/mol. The summed E-state index contributed by atoms with van der Waals surface area (Å²) in [6.45, 7) is 0. The number of carbonyl (C=O) groups is 2. The van der Waals surface area contributed by atoms with Crippen molar-refractivity contribution in [3.63, 3.8) is 0 Å². The number of carbonyl (C=O) groups excluding carboxylic acids is 1. The summed E-state index contributed by atoms with van der Waals surface area (Å²) in [7, 11) is 0. The molecule has 8 nitrogen and oxygen atoms in total. The van der Waals surface area contributed by atoms with Crippen LogP contribution in [0.5, 0.6) is 23.0 Å². The van der Waals surface area contributed by atoms with E-state index in [2.05, 4.69) is 0 Å². The topological polar surface area (TPSA) is 145 Å². The van der Waals surface area contributed by atoms with Gasteiger partial charge in [-0.2, -0.15) is 0 Å². The number of carboxylic acids is 1. The Hall–Kier alpha value is -3.68. The SMILES string of the molecule is [2H]c1c([2H])c(/C=C/C(=O)O[C@H](Cc2c([2H])c([2H])c(O)c(O)c2[2H])C(=O)O)c([2H])c(O)c1O. The van der Waals surface area contributed by atoms with E-state index in [0.717, 1.165) is 6.08 Å². The maximum absolute atomic E-state index is 12.1. The molecule has 0 aliphatic rings. The molecular weight excluding hydrogens is 344 g/mol. The first-order chi connectivity index (χ1) is 14.8. The van der Waals surface area contributed by atoms with Crippen LogP contribution in [-0.2, 0) is 20.7 Å². The van der Waals surface area contributed by atoms with Gasteiger partial charge in [-0.3, -0.25) is 0 Å². The van der Waals surface area contributed by atoms with Crippen molar-refractivity contribution in [2.24, 2.45) is 0 Å². The van der Waals surface area contributed by atoms with Crippen LogP contribution in [0.1, 0.15) is 19.4 Å². The molecule has 0 amide bonds. The Morgan fingerprint density at radius 2 is 1.62 bits per heavy atom. The second-order valence-electron chi connectivity index (χ2n) is 4.84. The van der Waals surface area contributed by atoms with Gasteiger partial charge in [0.15, 0.2) is 23.0 Å². The molecule has 0 spiro atoms. The quantitative estimate of drug-likeness (QED) is 0.295. The zero-order chi connectivity index (χ0) is 24.5. The first-order valence-corrected chi connectivity index (χ1v) is 6.93. The van der Waals surface area contributed by atoms with Crippen LogP contribution in [0.15, 0.2) is 42.3 Å². The molecule has 0 aliphatic heterocycles. The number of hydrogen-bond donors (Lipinski definition) is 5. The van der Waals surface area contributed by atoms with Gasteiger partial charge in [0.1, 0.15) is 0 Å². The fraction of sp³-hybridized carbons (Fsp3) is 0.111. The van der Waals surface area contributed by atoms with Gasteiger partial charge in [0.05, 0.1) is 8.22 Å². The van der Waals surface area contributed by atoms with Crippen LogP contribution in [0.3, 0.4) is 0 Å². The van der Waals surface area contributed by atoms with Gasteiger partial charge in [0, 0.05) is 12.5 Å². The van der Waals surface area contributed by atoms with E-state index in [1.54, 1.807) is 0 Å². The molecular formula is C18H16O8. The fourth-order valence-corrected chi connectivity index (χ4v) is 1.71. The van der Waals surface area contributed by atoms with Crippen molar-refractivity contribution >= 4 is 18.0 Å².